The Morgan fingerprint density at radius 1 is 1.60 bits per heavy atom. The Kier molecular flexibility index (Phi) is 3.00. The van der Waals surface area contributed by atoms with E-state index in [4.69, 9.17) is 5.73 Å². The van der Waals surface area contributed by atoms with Crippen LogP contribution in [0.3, 0.4) is 0 Å². The van der Waals surface area contributed by atoms with Crippen LogP contribution in [0.5, 0.6) is 0 Å². The molecule has 0 radical (unpaired) electrons. The van der Waals surface area contributed by atoms with Gasteiger partial charge in [0.1, 0.15) is 0 Å². The molecule has 4 nitrogen and oxygen atoms in total. The minimum Gasteiger partial charge on any atom is -0.310 e. The molecule has 1 amide bonds. The number of carbonyl (C=O) groups excluding carboxylic acids is 1. The molecule has 1 heterocycles. The average Bonchev–Trinajstić information content (AvgIpc) is 2.54. The van der Waals surface area contributed by atoms with Crippen LogP contribution in [0.1, 0.15) is 6.92 Å². The van der Waals surface area contributed by atoms with E-state index in [1.54, 1.807) is 0 Å². The number of thiazole rings is 1. The van der Waals surface area contributed by atoms with Gasteiger partial charge in [0, 0.05) is 11.6 Å². The molecule has 0 aromatic carbocycles. The first-order valence-corrected chi connectivity index (χ1v) is 4.69. The fourth-order valence-corrected chi connectivity index (χ4v) is 1.16. The fraction of sp³-hybridized carbons (Fsp3) is 0.429. The highest BCUT2D eigenvalue weighted by Crippen LogP contribution is 2.29. The van der Waals surface area contributed by atoms with E-state index in [0.29, 0.717) is 6.92 Å². The fourth-order valence-electron chi connectivity index (χ4n) is 0.641. The maximum atomic E-state index is 12.3. The Labute approximate surface area is 87.3 Å². The van der Waals surface area contributed by atoms with Crippen LogP contribution in [0.15, 0.2) is 11.6 Å². The lowest BCUT2D eigenvalue weighted by molar-refractivity contribution is -0.184. The van der Waals surface area contributed by atoms with Gasteiger partial charge in [-0.1, -0.05) is 0 Å². The van der Waals surface area contributed by atoms with Crippen LogP contribution in [-0.4, -0.2) is 22.6 Å². The van der Waals surface area contributed by atoms with Crippen molar-refractivity contribution in [3.8, 4) is 0 Å². The largest absolute Gasteiger partial charge is 0.415 e. The molecule has 1 atom stereocenters. The molecule has 0 bridgehead atoms. The topological polar surface area (TPSA) is 68.0 Å². The minimum absolute atomic E-state index is 0.0842. The first-order valence-electron chi connectivity index (χ1n) is 3.81. The number of halogens is 3. The standard InChI is InChI=1S/C7H8F3N3OS/c1-6(11,7(8,9)10)4(14)13-5-12-2-3-15-5/h2-3H,11H2,1H3,(H,12,13,14). The number of hydrogen-bond donors (Lipinski definition) is 2. The van der Waals surface area contributed by atoms with Crippen molar-refractivity contribution in [3.05, 3.63) is 11.6 Å². The van der Waals surface area contributed by atoms with Gasteiger partial charge in [-0.3, -0.25) is 4.79 Å². The molecule has 0 aliphatic heterocycles. The summed E-state index contributed by atoms with van der Waals surface area (Å²) in [6, 6.07) is 0. The molecule has 0 saturated carbocycles. The first kappa shape index (κ1) is 11.9. The Morgan fingerprint density at radius 2 is 2.20 bits per heavy atom. The Bertz CT molecular complexity index is 347. The van der Waals surface area contributed by atoms with Gasteiger partial charge in [-0.05, 0) is 6.92 Å². The molecule has 84 valence electrons. The second kappa shape index (κ2) is 3.78. The second-order valence-electron chi connectivity index (χ2n) is 2.99. The van der Waals surface area contributed by atoms with Gasteiger partial charge in [0.2, 0.25) is 0 Å². The normalized spacial score (nSPS) is 15.8. The Hall–Kier alpha value is -1.15. The van der Waals surface area contributed by atoms with E-state index in [9.17, 15) is 18.0 Å². The molecule has 0 spiro atoms. The van der Waals surface area contributed by atoms with E-state index in [0.717, 1.165) is 11.3 Å². The van der Waals surface area contributed by atoms with Crippen molar-refractivity contribution >= 4 is 22.4 Å². The molecule has 3 N–H and O–H groups in total. The lowest BCUT2D eigenvalue weighted by Gasteiger charge is -2.25. The summed E-state index contributed by atoms with van der Waals surface area (Å²) < 4.78 is 36.9. The first-order chi connectivity index (χ1) is 6.75. The molecule has 15 heavy (non-hydrogen) atoms. The van der Waals surface area contributed by atoms with Crippen LogP contribution in [0.2, 0.25) is 0 Å². The van der Waals surface area contributed by atoms with Crippen LogP contribution in [0, 0.1) is 0 Å². The van der Waals surface area contributed by atoms with Crippen LogP contribution in [0.4, 0.5) is 18.3 Å². The Balaban J connectivity index is 2.77. The van der Waals surface area contributed by atoms with Crippen LogP contribution in [0.25, 0.3) is 0 Å². The van der Waals surface area contributed by atoms with E-state index in [1.807, 2.05) is 5.32 Å². The summed E-state index contributed by atoms with van der Waals surface area (Å²) >= 11 is 1.01. The third-order valence-corrected chi connectivity index (χ3v) is 2.40. The molecule has 1 aromatic heterocycles. The summed E-state index contributed by atoms with van der Waals surface area (Å²) in [4.78, 5) is 14.8. The zero-order valence-electron chi connectivity index (χ0n) is 7.63. The van der Waals surface area contributed by atoms with Crippen LogP contribution in [-0.2, 0) is 4.79 Å². The number of carbonyl (C=O) groups is 1. The quantitative estimate of drug-likeness (QED) is 0.818. The minimum atomic E-state index is -4.80. The van der Waals surface area contributed by atoms with Gasteiger partial charge in [0.05, 0.1) is 0 Å². The number of nitrogens with zero attached hydrogens (tertiary/aromatic N) is 1. The molecule has 0 aliphatic carbocycles. The van der Waals surface area contributed by atoms with E-state index < -0.39 is 17.6 Å². The number of nitrogens with one attached hydrogen (secondary N) is 1. The summed E-state index contributed by atoms with van der Waals surface area (Å²) in [6.07, 6.45) is -3.43. The number of alkyl halides is 3. The van der Waals surface area contributed by atoms with Gasteiger partial charge in [-0.25, -0.2) is 4.98 Å². The Morgan fingerprint density at radius 3 is 2.60 bits per heavy atom. The van der Waals surface area contributed by atoms with E-state index >= 15 is 0 Å². The van der Waals surface area contributed by atoms with Crippen molar-refractivity contribution in [2.45, 2.75) is 18.6 Å². The third-order valence-electron chi connectivity index (χ3n) is 1.71. The highest BCUT2D eigenvalue weighted by molar-refractivity contribution is 7.13. The maximum Gasteiger partial charge on any atom is 0.415 e. The van der Waals surface area contributed by atoms with Crippen molar-refractivity contribution in [3.63, 3.8) is 0 Å². The lowest BCUT2D eigenvalue weighted by atomic mass is 10.0. The molecule has 0 fully saturated rings. The van der Waals surface area contributed by atoms with Gasteiger partial charge in [0.15, 0.2) is 10.7 Å². The van der Waals surface area contributed by atoms with Crippen molar-refractivity contribution in [1.29, 1.82) is 0 Å². The predicted molar refractivity (Wildman–Crippen MR) is 49.4 cm³/mol. The number of hydrogen-bond acceptors (Lipinski definition) is 4. The molecular weight excluding hydrogens is 231 g/mol. The smallest absolute Gasteiger partial charge is 0.310 e. The molecule has 0 aliphatic rings. The third kappa shape index (κ3) is 2.45. The summed E-state index contributed by atoms with van der Waals surface area (Å²) in [5.41, 5.74) is 1.98. The van der Waals surface area contributed by atoms with Crippen molar-refractivity contribution in [1.82, 2.24) is 4.98 Å². The molecule has 1 unspecified atom stereocenters. The SMILES string of the molecule is CC(N)(C(=O)Nc1nccs1)C(F)(F)F. The summed E-state index contributed by atoms with van der Waals surface area (Å²) in [5, 5.41) is 3.60. The van der Waals surface area contributed by atoms with Crippen molar-refractivity contribution in [2.24, 2.45) is 5.73 Å². The van der Waals surface area contributed by atoms with Gasteiger partial charge in [0.25, 0.3) is 5.91 Å². The zero-order chi connectivity index (χ0) is 11.7. The van der Waals surface area contributed by atoms with Gasteiger partial charge < -0.3 is 11.1 Å². The molecule has 0 saturated heterocycles. The number of rotatable bonds is 2. The number of amides is 1. The van der Waals surface area contributed by atoms with Gasteiger partial charge in [-0.15, -0.1) is 11.3 Å². The molecule has 1 aromatic rings. The molecular formula is C7H8F3N3OS. The van der Waals surface area contributed by atoms with Crippen LogP contribution >= 0.6 is 11.3 Å². The van der Waals surface area contributed by atoms with E-state index in [-0.39, 0.29) is 5.13 Å². The monoisotopic (exact) mass is 239 g/mol. The second-order valence-corrected chi connectivity index (χ2v) is 3.89. The molecule has 1 rings (SSSR count). The highest BCUT2D eigenvalue weighted by atomic mass is 32.1. The number of nitrogens with two attached hydrogens (primary N) is 1. The summed E-state index contributed by atoms with van der Waals surface area (Å²) in [6.45, 7) is 0.607. The number of anilines is 1. The van der Waals surface area contributed by atoms with Crippen molar-refractivity contribution in [2.75, 3.05) is 5.32 Å². The summed E-state index contributed by atoms with van der Waals surface area (Å²) in [5.74, 6) is -1.33. The maximum absolute atomic E-state index is 12.3. The van der Waals surface area contributed by atoms with E-state index in [1.165, 1.54) is 11.6 Å². The lowest BCUT2D eigenvalue weighted by Crippen LogP contribution is -2.59. The van der Waals surface area contributed by atoms with Gasteiger partial charge in [-0.2, -0.15) is 13.2 Å². The van der Waals surface area contributed by atoms with Crippen molar-refractivity contribution < 1.29 is 18.0 Å². The summed E-state index contributed by atoms with van der Waals surface area (Å²) in [7, 11) is 0. The van der Waals surface area contributed by atoms with Crippen LogP contribution < -0.4 is 11.1 Å². The average molecular weight is 239 g/mol. The zero-order valence-corrected chi connectivity index (χ0v) is 8.45. The molecule has 8 heteroatoms. The number of aromatic nitrogens is 1. The predicted octanol–water partition coefficient (Wildman–Crippen LogP) is 1.36. The highest BCUT2D eigenvalue weighted by Gasteiger charge is 2.54. The van der Waals surface area contributed by atoms with Gasteiger partial charge >= 0.3 is 6.18 Å². The van der Waals surface area contributed by atoms with E-state index in [2.05, 4.69) is 4.98 Å².